The first kappa shape index (κ1) is 21.3. The molecule has 2 heterocycles. The van der Waals surface area contributed by atoms with E-state index in [1.165, 1.54) is 16.7 Å². The minimum Gasteiger partial charge on any atom is -0.351 e. The lowest BCUT2D eigenvalue weighted by atomic mass is 9.78. The van der Waals surface area contributed by atoms with E-state index in [1.54, 1.807) is 17.5 Å². The third-order valence-corrected chi connectivity index (χ3v) is 6.74. The first-order chi connectivity index (χ1) is 14.9. The second-order valence-electron chi connectivity index (χ2n) is 8.83. The molecule has 2 aromatic heterocycles. The largest absolute Gasteiger partial charge is 0.351 e. The summed E-state index contributed by atoms with van der Waals surface area (Å²) in [5.74, 6) is 1.43. The number of amides is 1. The van der Waals surface area contributed by atoms with Crippen LogP contribution in [0.25, 0.3) is 16.8 Å². The van der Waals surface area contributed by atoms with Gasteiger partial charge in [0.1, 0.15) is 17.9 Å². The van der Waals surface area contributed by atoms with Crippen LogP contribution in [0.15, 0.2) is 35.1 Å². The summed E-state index contributed by atoms with van der Waals surface area (Å²) in [6, 6.07) is 10.1. The molecule has 7 heteroatoms. The summed E-state index contributed by atoms with van der Waals surface area (Å²) in [7, 11) is 0. The van der Waals surface area contributed by atoms with Crippen LogP contribution in [-0.4, -0.2) is 31.3 Å². The Balaban J connectivity index is 1.58. The van der Waals surface area contributed by atoms with Crippen LogP contribution in [0.3, 0.4) is 0 Å². The molecule has 0 aliphatic heterocycles. The Morgan fingerprint density at radius 2 is 1.90 bits per heavy atom. The van der Waals surface area contributed by atoms with Gasteiger partial charge in [-0.1, -0.05) is 57.9 Å². The summed E-state index contributed by atoms with van der Waals surface area (Å²) in [6.45, 7) is 8.25. The zero-order valence-electron chi connectivity index (χ0n) is 18.8. The molecule has 3 atom stereocenters. The van der Waals surface area contributed by atoms with Crippen LogP contribution in [0.2, 0.25) is 0 Å². The summed E-state index contributed by atoms with van der Waals surface area (Å²) >= 11 is 0. The summed E-state index contributed by atoms with van der Waals surface area (Å²) in [4.78, 5) is 25.7. The average molecular weight is 422 g/mol. The third-order valence-electron chi connectivity index (χ3n) is 6.74. The number of hydrogen-bond donors (Lipinski definition) is 1. The second-order valence-corrected chi connectivity index (χ2v) is 8.83. The predicted molar refractivity (Wildman–Crippen MR) is 121 cm³/mol. The first-order valence-electron chi connectivity index (χ1n) is 11.2. The number of rotatable bonds is 5. The molecule has 1 fully saturated rings. The fourth-order valence-corrected chi connectivity index (χ4v) is 4.51. The maximum absolute atomic E-state index is 13.0. The molecular formula is C24H31N5O2. The lowest BCUT2D eigenvalue weighted by Gasteiger charge is -2.34. The molecule has 4 rings (SSSR count). The van der Waals surface area contributed by atoms with Gasteiger partial charge in [0.15, 0.2) is 0 Å². The highest BCUT2D eigenvalue weighted by molar-refractivity contribution is 5.76. The molecular weight excluding hydrogens is 390 g/mol. The van der Waals surface area contributed by atoms with Gasteiger partial charge in [-0.2, -0.15) is 10.2 Å². The van der Waals surface area contributed by atoms with Gasteiger partial charge in [-0.3, -0.25) is 9.59 Å². The Bertz CT molecular complexity index is 1150. The van der Waals surface area contributed by atoms with E-state index in [9.17, 15) is 9.59 Å². The molecule has 1 amide bonds. The van der Waals surface area contributed by atoms with Crippen LogP contribution in [-0.2, 0) is 17.8 Å². The Hall–Kier alpha value is -2.96. The summed E-state index contributed by atoms with van der Waals surface area (Å²) in [5.41, 5.74) is 3.03. The molecule has 1 aliphatic rings. The van der Waals surface area contributed by atoms with Gasteiger partial charge in [0.05, 0.1) is 5.69 Å². The van der Waals surface area contributed by atoms with Gasteiger partial charge < -0.3 is 5.32 Å². The van der Waals surface area contributed by atoms with Crippen molar-refractivity contribution in [3.05, 3.63) is 52.1 Å². The Morgan fingerprint density at radius 1 is 1.16 bits per heavy atom. The third kappa shape index (κ3) is 4.27. The van der Waals surface area contributed by atoms with Crippen LogP contribution >= 0.6 is 0 Å². The van der Waals surface area contributed by atoms with Gasteiger partial charge in [0.25, 0.3) is 5.56 Å². The van der Waals surface area contributed by atoms with Gasteiger partial charge in [-0.15, -0.1) is 0 Å². The summed E-state index contributed by atoms with van der Waals surface area (Å²) in [5, 5.41) is 12.0. The zero-order chi connectivity index (χ0) is 22.1. The molecule has 164 valence electrons. The molecule has 0 saturated heterocycles. The lowest BCUT2D eigenvalue weighted by Crippen LogP contribution is -2.46. The Labute approximate surface area is 182 Å². The van der Waals surface area contributed by atoms with Gasteiger partial charge in [-0.25, -0.2) is 9.20 Å². The van der Waals surface area contributed by atoms with Crippen LogP contribution in [0, 0.1) is 18.8 Å². The van der Waals surface area contributed by atoms with Crippen molar-refractivity contribution in [1.29, 1.82) is 0 Å². The number of aromatic nitrogens is 4. The van der Waals surface area contributed by atoms with Gasteiger partial charge in [0.2, 0.25) is 5.91 Å². The Morgan fingerprint density at radius 3 is 2.61 bits per heavy atom. The molecule has 1 N–H and O–H groups in total. The van der Waals surface area contributed by atoms with E-state index in [2.05, 4.69) is 48.4 Å². The van der Waals surface area contributed by atoms with E-state index in [-0.39, 0.29) is 24.1 Å². The second kappa shape index (κ2) is 8.65. The standard InChI is InChI=1S/C24H31N5O2/c1-5-18-9-11-19(12-10-18)21-13-22-24(31)28(26-17(4)29(22)27-21)14-23(30)25-20-8-6-7-15(2)16(20)3/h9-13,15-16,20H,5-8,14H2,1-4H3,(H,25,30)/t15-,16+,20+/m0/s1. The Kier molecular flexibility index (Phi) is 5.94. The molecule has 0 bridgehead atoms. The van der Waals surface area contributed by atoms with Crippen molar-refractivity contribution in [3.63, 3.8) is 0 Å². The SMILES string of the molecule is CCc1ccc(-c2cc3c(=O)n(CC(=O)N[C@@H]4CCC[C@H](C)[C@H]4C)nc(C)n3n2)cc1. The van der Waals surface area contributed by atoms with Crippen molar-refractivity contribution in [3.8, 4) is 11.3 Å². The van der Waals surface area contributed by atoms with Crippen molar-refractivity contribution in [2.45, 2.75) is 66.0 Å². The van der Waals surface area contributed by atoms with Crippen molar-refractivity contribution in [2.24, 2.45) is 11.8 Å². The zero-order valence-corrected chi connectivity index (χ0v) is 18.8. The van der Waals surface area contributed by atoms with Crippen molar-refractivity contribution in [2.75, 3.05) is 0 Å². The number of nitrogens with one attached hydrogen (secondary N) is 1. The number of aryl methyl sites for hydroxylation is 2. The number of carbonyl (C=O) groups is 1. The van der Waals surface area contributed by atoms with Crippen molar-refractivity contribution in [1.82, 2.24) is 24.7 Å². The van der Waals surface area contributed by atoms with Crippen molar-refractivity contribution < 1.29 is 4.79 Å². The van der Waals surface area contributed by atoms with Crippen molar-refractivity contribution >= 4 is 11.4 Å². The topological polar surface area (TPSA) is 81.3 Å². The lowest BCUT2D eigenvalue weighted by molar-refractivity contribution is -0.123. The van der Waals surface area contributed by atoms with E-state index >= 15 is 0 Å². The smallest absolute Gasteiger partial charge is 0.293 e. The highest BCUT2D eigenvalue weighted by atomic mass is 16.2. The monoisotopic (exact) mass is 421 g/mol. The number of fused-ring (bicyclic) bond motifs is 1. The van der Waals surface area contributed by atoms with Gasteiger partial charge >= 0.3 is 0 Å². The van der Waals surface area contributed by atoms with E-state index in [0.717, 1.165) is 30.5 Å². The molecule has 7 nitrogen and oxygen atoms in total. The normalized spacial score (nSPS) is 21.4. The summed E-state index contributed by atoms with van der Waals surface area (Å²) < 4.78 is 2.81. The quantitative estimate of drug-likeness (QED) is 0.685. The van der Waals surface area contributed by atoms with Crippen LogP contribution < -0.4 is 10.9 Å². The number of nitrogens with zero attached hydrogens (tertiary/aromatic N) is 4. The number of hydrogen-bond acceptors (Lipinski definition) is 4. The predicted octanol–water partition coefficient (Wildman–Crippen LogP) is 3.37. The van der Waals surface area contributed by atoms with Crippen LogP contribution in [0.5, 0.6) is 0 Å². The molecule has 0 spiro atoms. The van der Waals surface area contributed by atoms with E-state index < -0.39 is 0 Å². The molecule has 3 aromatic rings. The maximum atomic E-state index is 13.0. The molecule has 0 radical (unpaired) electrons. The molecule has 1 aromatic carbocycles. The fraction of sp³-hybridized carbons (Fsp3) is 0.500. The summed E-state index contributed by atoms with van der Waals surface area (Å²) in [6.07, 6.45) is 4.28. The van der Waals surface area contributed by atoms with Crippen LogP contribution in [0.1, 0.15) is 51.4 Å². The molecule has 1 aliphatic carbocycles. The highest BCUT2D eigenvalue weighted by Gasteiger charge is 2.28. The van der Waals surface area contributed by atoms with E-state index in [0.29, 0.717) is 23.2 Å². The molecule has 0 unspecified atom stereocenters. The van der Waals surface area contributed by atoms with Gasteiger partial charge in [-0.05, 0) is 43.2 Å². The molecule has 1 saturated carbocycles. The van der Waals surface area contributed by atoms with Crippen LogP contribution in [0.4, 0.5) is 0 Å². The minimum atomic E-state index is -0.310. The molecule has 31 heavy (non-hydrogen) atoms. The minimum absolute atomic E-state index is 0.0838. The highest BCUT2D eigenvalue weighted by Crippen LogP contribution is 2.29. The fourth-order valence-electron chi connectivity index (χ4n) is 4.51. The van der Waals surface area contributed by atoms with Gasteiger partial charge in [0, 0.05) is 11.6 Å². The van der Waals surface area contributed by atoms with E-state index in [1.807, 2.05) is 12.1 Å². The number of benzene rings is 1. The van der Waals surface area contributed by atoms with E-state index in [4.69, 9.17) is 0 Å². The average Bonchev–Trinajstić information content (AvgIpc) is 3.21. The first-order valence-corrected chi connectivity index (χ1v) is 11.2. The maximum Gasteiger partial charge on any atom is 0.293 e. The number of carbonyl (C=O) groups excluding carboxylic acids is 1.